The molecule has 1 heterocycles. The Balaban J connectivity index is 1.99. The molecule has 1 aromatic rings. The topological polar surface area (TPSA) is 110 Å². The molecule has 2 fully saturated rings. The van der Waals surface area contributed by atoms with Gasteiger partial charge in [0, 0.05) is 11.6 Å². The summed E-state index contributed by atoms with van der Waals surface area (Å²) >= 11 is 5.81. The van der Waals surface area contributed by atoms with Gasteiger partial charge in [-0.3, -0.25) is 19.8 Å². The summed E-state index contributed by atoms with van der Waals surface area (Å²) in [7, 11) is 0. The van der Waals surface area contributed by atoms with Crippen LogP contribution in [0.2, 0.25) is 5.02 Å². The van der Waals surface area contributed by atoms with Gasteiger partial charge in [0.25, 0.3) is 11.6 Å². The van der Waals surface area contributed by atoms with Gasteiger partial charge in [-0.05, 0) is 43.7 Å². The lowest BCUT2D eigenvalue weighted by molar-refractivity contribution is -0.384. The van der Waals surface area contributed by atoms with Gasteiger partial charge in [-0.1, -0.05) is 18.5 Å². The predicted octanol–water partition coefficient (Wildman–Crippen LogP) is 3.08. The second-order valence-electron chi connectivity index (χ2n) is 6.89. The van der Waals surface area contributed by atoms with Crippen LogP contribution in [0, 0.1) is 16.0 Å². The van der Waals surface area contributed by atoms with E-state index in [1.54, 1.807) is 0 Å². The molecule has 26 heavy (non-hydrogen) atoms. The molecular weight excluding hydrogens is 364 g/mol. The van der Waals surface area contributed by atoms with Crippen molar-refractivity contribution in [2.75, 3.05) is 6.61 Å². The Morgan fingerprint density at radius 3 is 2.62 bits per heavy atom. The Labute approximate surface area is 154 Å². The molecule has 1 aromatic carbocycles. The van der Waals surface area contributed by atoms with Crippen molar-refractivity contribution in [1.29, 1.82) is 0 Å². The van der Waals surface area contributed by atoms with Crippen molar-refractivity contribution in [1.82, 2.24) is 4.90 Å². The van der Waals surface area contributed by atoms with Gasteiger partial charge in [0.05, 0.1) is 11.5 Å². The van der Waals surface area contributed by atoms with Gasteiger partial charge in [-0.2, -0.15) is 0 Å². The van der Waals surface area contributed by atoms with Gasteiger partial charge in [-0.15, -0.1) is 0 Å². The zero-order valence-corrected chi connectivity index (χ0v) is 14.9. The summed E-state index contributed by atoms with van der Waals surface area (Å²) in [6.45, 7) is 2.01. The zero-order chi connectivity index (χ0) is 19.1. The summed E-state index contributed by atoms with van der Waals surface area (Å²) < 4.78 is 5.82. The Hall–Kier alpha value is -2.19. The third kappa shape index (κ3) is 3.14. The summed E-state index contributed by atoms with van der Waals surface area (Å²) in [6, 6.07) is 2.61. The predicted molar refractivity (Wildman–Crippen MR) is 92.0 cm³/mol. The number of ether oxygens (including phenoxy) is 1. The molecule has 0 bridgehead atoms. The fourth-order valence-electron chi connectivity index (χ4n) is 3.69. The first-order valence-electron chi connectivity index (χ1n) is 8.39. The maximum Gasteiger partial charge on any atom is 0.328 e. The van der Waals surface area contributed by atoms with Crippen LogP contribution in [0.3, 0.4) is 0 Å². The molecular formula is C17H19ClN2O6. The fraction of sp³-hybridized carbons (Fsp3) is 0.529. The first kappa shape index (κ1) is 18.6. The minimum absolute atomic E-state index is 0.0239. The number of carbonyl (C=O) groups is 2. The molecule has 2 aliphatic rings. The van der Waals surface area contributed by atoms with E-state index in [1.807, 2.05) is 0 Å². The lowest BCUT2D eigenvalue weighted by atomic mass is 9.83. The second kappa shape index (κ2) is 6.85. The normalized spacial score (nSPS) is 28.3. The molecule has 0 unspecified atom stereocenters. The molecule has 1 aliphatic carbocycles. The van der Waals surface area contributed by atoms with Crippen molar-refractivity contribution in [2.45, 2.75) is 44.4 Å². The highest BCUT2D eigenvalue weighted by atomic mass is 35.5. The molecule has 140 valence electrons. The standard InChI is InChI=1S/C17H19ClN2O6/c1-10-4-6-17(7-5-10)19(14(9-26-17)16(22)23)15(21)11-2-3-12(18)13(8-11)20(24)25/h2-3,8,10,14H,4-7,9H2,1H3,(H,22,23)/t10?,14-,17?/m1/s1. The number of carboxylic acids is 1. The van der Waals surface area contributed by atoms with Crippen LogP contribution in [0.1, 0.15) is 43.0 Å². The highest BCUT2D eigenvalue weighted by Gasteiger charge is 2.53. The number of carbonyl (C=O) groups excluding carboxylic acids is 1. The van der Waals surface area contributed by atoms with Gasteiger partial charge < -0.3 is 9.84 Å². The number of hydrogen-bond acceptors (Lipinski definition) is 5. The highest BCUT2D eigenvalue weighted by Crippen LogP contribution is 2.43. The number of carboxylic acid groups (broad SMARTS) is 1. The van der Waals surface area contributed by atoms with Crippen molar-refractivity contribution in [2.24, 2.45) is 5.92 Å². The first-order valence-corrected chi connectivity index (χ1v) is 8.77. The smallest absolute Gasteiger partial charge is 0.328 e. The van der Waals surface area contributed by atoms with E-state index in [4.69, 9.17) is 16.3 Å². The number of nitro benzene ring substituents is 1. The summed E-state index contributed by atoms with van der Waals surface area (Å²) in [5.74, 6) is -1.27. The van der Waals surface area contributed by atoms with Crippen LogP contribution in [0.25, 0.3) is 0 Å². The molecule has 1 amide bonds. The molecule has 1 aliphatic heterocycles. The van der Waals surface area contributed by atoms with Gasteiger partial charge in [0.15, 0.2) is 6.04 Å². The van der Waals surface area contributed by atoms with E-state index in [9.17, 15) is 24.8 Å². The zero-order valence-electron chi connectivity index (χ0n) is 14.2. The fourth-order valence-corrected chi connectivity index (χ4v) is 3.88. The monoisotopic (exact) mass is 382 g/mol. The lowest BCUT2D eigenvalue weighted by Crippen LogP contribution is -2.55. The molecule has 0 aromatic heterocycles. The molecule has 1 saturated carbocycles. The largest absolute Gasteiger partial charge is 0.480 e. The number of halogens is 1. The second-order valence-corrected chi connectivity index (χ2v) is 7.30. The highest BCUT2D eigenvalue weighted by molar-refractivity contribution is 6.32. The van der Waals surface area contributed by atoms with Crippen molar-refractivity contribution >= 4 is 29.2 Å². The van der Waals surface area contributed by atoms with E-state index in [0.29, 0.717) is 18.8 Å². The number of nitro groups is 1. The van der Waals surface area contributed by atoms with Gasteiger partial charge in [0.2, 0.25) is 0 Å². The Kier molecular flexibility index (Phi) is 4.90. The molecule has 1 saturated heterocycles. The Morgan fingerprint density at radius 1 is 1.38 bits per heavy atom. The molecule has 1 atom stereocenters. The van der Waals surface area contributed by atoms with Crippen LogP contribution in [0.5, 0.6) is 0 Å². The summed E-state index contributed by atoms with van der Waals surface area (Å²) in [5, 5.41) is 20.5. The van der Waals surface area contributed by atoms with E-state index in [2.05, 4.69) is 6.92 Å². The number of hydrogen-bond donors (Lipinski definition) is 1. The first-order chi connectivity index (χ1) is 12.2. The summed E-state index contributed by atoms with van der Waals surface area (Å²) in [6.07, 6.45) is 2.71. The lowest BCUT2D eigenvalue weighted by Gasteiger charge is -2.42. The van der Waals surface area contributed by atoms with E-state index >= 15 is 0 Å². The maximum absolute atomic E-state index is 13.1. The average molecular weight is 383 g/mol. The third-order valence-electron chi connectivity index (χ3n) is 5.21. The van der Waals surface area contributed by atoms with Crippen LogP contribution in [-0.4, -0.2) is 45.2 Å². The third-order valence-corrected chi connectivity index (χ3v) is 5.53. The van der Waals surface area contributed by atoms with E-state index in [0.717, 1.165) is 18.9 Å². The van der Waals surface area contributed by atoms with Crippen LogP contribution >= 0.6 is 11.6 Å². The minimum Gasteiger partial charge on any atom is -0.480 e. The Bertz CT molecular complexity index is 760. The molecule has 8 nitrogen and oxygen atoms in total. The van der Waals surface area contributed by atoms with Crippen LogP contribution in [-0.2, 0) is 9.53 Å². The van der Waals surface area contributed by atoms with Crippen molar-refractivity contribution in [3.8, 4) is 0 Å². The summed E-state index contributed by atoms with van der Waals surface area (Å²) in [5.41, 5.74) is -1.34. The minimum atomic E-state index is -1.16. The van der Waals surface area contributed by atoms with E-state index in [1.165, 1.54) is 17.0 Å². The van der Waals surface area contributed by atoms with Crippen LogP contribution in [0.4, 0.5) is 5.69 Å². The van der Waals surface area contributed by atoms with Crippen molar-refractivity contribution < 1.29 is 24.4 Å². The quantitative estimate of drug-likeness (QED) is 0.635. The van der Waals surface area contributed by atoms with Crippen molar-refractivity contribution in [3.05, 3.63) is 38.9 Å². The number of nitrogens with zero attached hydrogens (tertiary/aromatic N) is 2. The van der Waals surface area contributed by atoms with Gasteiger partial charge in [-0.25, -0.2) is 4.79 Å². The van der Waals surface area contributed by atoms with Gasteiger partial charge in [0.1, 0.15) is 10.7 Å². The molecule has 0 radical (unpaired) electrons. The maximum atomic E-state index is 13.1. The summed E-state index contributed by atoms with van der Waals surface area (Å²) in [4.78, 5) is 36.5. The Morgan fingerprint density at radius 2 is 2.04 bits per heavy atom. The molecule has 1 N–H and O–H groups in total. The van der Waals surface area contributed by atoms with Crippen LogP contribution in [0.15, 0.2) is 18.2 Å². The van der Waals surface area contributed by atoms with E-state index < -0.39 is 34.3 Å². The molecule has 9 heteroatoms. The van der Waals surface area contributed by atoms with Crippen molar-refractivity contribution in [3.63, 3.8) is 0 Å². The van der Waals surface area contributed by atoms with Gasteiger partial charge >= 0.3 is 5.97 Å². The number of aliphatic carboxylic acids is 1. The number of rotatable bonds is 3. The molecule has 3 rings (SSSR count). The SMILES string of the molecule is CC1CCC2(CC1)OC[C@H](C(=O)O)N2C(=O)c1ccc(Cl)c([N+](=O)[O-])c1. The number of benzene rings is 1. The number of amides is 1. The van der Waals surface area contributed by atoms with E-state index in [-0.39, 0.29) is 17.2 Å². The molecule has 1 spiro atoms. The van der Waals surface area contributed by atoms with Crippen LogP contribution < -0.4 is 0 Å². The average Bonchev–Trinajstić information content (AvgIpc) is 2.96.